The first-order valence-corrected chi connectivity index (χ1v) is 4.76. The van der Waals surface area contributed by atoms with Gasteiger partial charge in [0.15, 0.2) is 0 Å². The highest BCUT2D eigenvalue weighted by atomic mass is 16.3. The maximum absolute atomic E-state index is 9.30. The summed E-state index contributed by atoms with van der Waals surface area (Å²) in [5.41, 5.74) is 1.10. The largest absolute Gasteiger partial charge is 0.394 e. The van der Waals surface area contributed by atoms with E-state index in [1.165, 1.54) is 0 Å². The molecule has 0 radical (unpaired) electrons. The summed E-state index contributed by atoms with van der Waals surface area (Å²) in [4.78, 5) is 0. The van der Waals surface area contributed by atoms with Gasteiger partial charge in [0.2, 0.25) is 0 Å². The molecule has 2 atom stereocenters. The molecule has 0 aliphatic heterocycles. The van der Waals surface area contributed by atoms with Crippen LogP contribution in [0, 0.1) is 5.92 Å². The quantitative estimate of drug-likeness (QED) is 0.762. The molecule has 0 bridgehead atoms. The Morgan fingerprint density at radius 1 is 1.29 bits per heavy atom. The van der Waals surface area contributed by atoms with E-state index in [9.17, 15) is 5.11 Å². The summed E-state index contributed by atoms with van der Waals surface area (Å²) in [6, 6.07) is 9.88. The zero-order chi connectivity index (χ0) is 10.4. The van der Waals surface area contributed by atoms with Gasteiger partial charge in [-0.25, -0.2) is 0 Å². The maximum Gasteiger partial charge on any atom is 0.0830 e. The second-order valence-electron chi connectivity index (χ2n) is 3.38. The van der Waals surface area contributed by atoms with Gasteiger partial charge in [-0.3, -0.25) is 0 Å². The zero-order valence-electron chi connectivity index (χ0n) is 8.30. The molecule has 2 nitrogen and oxygen atoms in total. The van der Waals surface area contributed by atoms with Crippen molar-refractivity contribution in [1.29, 1.82) is 0 Å². The van der Waals surface area contributed by atoms with Crippen LogP contribution < -0.4 is 0 Å². The van der Waals surface area contributed by atoms with Crippen LogP contribution in [0.5, 0.6) is 0 Å². The molecule has 0 saturated heterocycles. The van der Waals surface area contributed by atoms with Crippen LogP contribution in [0.1, 0.15) is 12.5 Å². The van der Waals surface area contributed by atoms with Gasteiger partial charge in [-0.2, -0.15) is 0 Å². The molecule has 2 N–H and O–H groups in total. The fraction of sp³-hybridized carbons (Fsp3) is 0.333. The van der Waals surface area contributed by atoms with Crippen molar-refractivity contribution in [3.05, 3.63) is 42.0 Å². The Kier molecular flexibility index (Phi) is 4.36. The lowest BCUT2D eigenvalue weighted by molar-refractivity contribution is 0.0687. The van der Waals surface area contributed by atoms with E-state index < -0.39 is 6.10 Å². The lowest BCUT2D eigenvalue weighted by Crippen LogP contribution is -2.19. The van der Waals surface area contributed by atoms with Crippen LogP contribution >= 0.6 is 0 Å². The van der Waals surface area contributed by atoms with Gasteiger partial charge in [-0.1, -0.05) is 49.4 Å². The summed E-state index contributed by atoms with van der Waals surface area (Å²) in [6.07, 6.45) is 3.18. The van der Waals surface area contributed by atoms with E-state index in [2.05, 4.69) is 0 Å². The molecule has 0 aromatic heterocycles. The number of benzene rings is 1. The third kappa shape index (κ3) is 3.32. The highest BCUT2D eigenvalue weighted by molar-refractivity contribution is 5.48. The summed E-state index contributed by atoms with van der Waals surface area (Å²) in [6.45, 7) is 1.68. The second kappa shape index (κ2) is 5.58. The maximum atomic E-state index is 9.30. The zero-order valence-corrected chi connectivity index (χ0v) is 8.30. The Morgan fingerprint density at radius 3 is 2.50 bits per heavy atom. The van der Waals surface area contributed by atoms with Crippen LogP contribution in [0.2, 0.25) is 0 Å². The molecule has 0 saturated carbocycles. The molecule has 0 fully saturated rings. The Balaban J connectivity index is 2.56. The monoisotopic (exact) mass is 192 g/mol. The minimum Gasteiger partial charge on any atom is -0.394 e. The first kappa shape index (κ1) is 11.0. The van der Waals surface area contributed by atoms with Gasteiger partial charge in [0, 0.05) is 5.92 Å². The van der Waals surface area contributed by atoms with Crippen molar-refractivity contribution in [2.45, 2.75) is 13.0 Å². The highest BCUT2D eigenvalue weighted by Gasteiger charge is 2.08. The Bertz CT molecular complexity index is 280. The van der Waals surface area contributed by atoms with Crippen molar-refractivity contribution in [2.75, 3.05) is 6.61 Å². The van der Waals surface area contributed by atoms with Gasteiger partial charge in [-0.05, 0) is 5.56 Å². The number of aliphatic hydroxyl groups is 2. The molecule has 1 rings (SSSR count). The molecule has 14 heavy (non-hydrogen) atoms. The molecule has 1 aromatic carbocycles. The Hall–Kier alpha value is -1.12. The van der Waals surface area contributed by atoms with Crippen LogP contribution in [-0.2, 0) is 0 Å². The van der Waals surface area contributed by atoms with Gasteiger partial charge in [0.25, 0.3) is 0 Å². The fourth-order valence-electron chi connectivity index (χ4n) is 1.12. The van der Waals surface area contributed by atoms with Crippen molar-refractivity contribution in [3.63, 3.8) is 0 Å². The van der Waals surface area contributed by atoms with E-state index in [4.69, 9.17) is 5.11 Å². The van der Waals surface area contributed by atoms with Gasteiger partial charge in [0.1, 0.15) is 0 Å². The van der Waals surface area contributed by atoms with Gasteiger partial charge >= 0.3 is 0 Å². The topological polar surface area (TPSA) is 40.5 Å². The van der Waals surface area contributed by atoms with Crippen molar-refractivity contribution in [3.8, 4) is 0 Å². The van der Waals surface area contributed by atoms with Crippen molar-refractivity contribution in [1.82, 2.24) is 0 Å². The number of hydrogen-bond donors (Lipinski definition) is 2. The first-order valence-electron chi connectivity index (χ1n) is 4.76. The average Bonchev–Trinajstić information content (AvgIpc) is 2.26. The fourth-order valence-corrected chi connectivity index (χ4v) is 1.12. The summed E-state index contributed by atoms with van der Waals surface area (Å²) in [7, 11) is 0. The lowest BCUT2D eigenvalue weighted by Gasteiger charge is -2.11. The summed E-state index contributed by atoms with van der Waals surface area (Å²) >= 11 is 0. The molecule has 0 spiro atoms. The highest BCUT2D eigenvalue weighted by Crippen LogP contribution is 2.08. The molecule has 2 heteroatoms. The average molecular weight is 192 g/mol. The Labute approximate surface area is 84.5 Å². The van der Waals surface area contributed by atoms with Gasteiger partial charge in [0.05, 0.1) is 12.7 Å². The minimum absolute atomic E-state index is 0.0276. The van der Waals surface area contributed by atoms with E-state index in [0.717, 1.165) is 5.56 Å². The van der Waals surface area contributed by atoms with E-state index >= 15 is 0 Å². The molecule has 0 amide bonds. The molecule has 0 aliphatic carbocycles. The molecule has 1 aromatic rings. The normalized spacial score (nSPS) is 15.6. The summed E-state index contributed by atoms with van der Waals surface area (Å²) in [5, 5.41) is 18.0. The van der Waals surface area contributed by atoms with Crippen LogP contribution in [0.4, 0.5) is 0 Å². The smallest absolute Gasteiger partial charge is 0.0830 e. The van der Waals surface area contributed by atoms with E-state index in [1.54, 1.807) is 0 Å². The molecule has 2 unspecified atom stereocenters. The van der Waals surface area contributed by atoms with Crippen molar-refractivity contribution >= 4 is 6.08 Å². The Morgan fingerprint density at radius 2 is 1.93 bits per heavy atom. The van der Waals surface area contributed by atoms with E-state index in [1.807, 2.05) is 49.4 Å². The molecule has 0 aliphatic rings. The molecule has 0 heterocycles. The number of aliphatic hydroxyl groups excluding tert-OH is 2. The van der Waals surface area contributed by atoms with Crippen LogP contribution in [-0.4, -0.2) is 22.9 Å². The van der Waals surface area contributed by atoms with Crippen LogP contribution in [0.3, 0.4) is 0 Å². The van der Waals surface area contributed by atoms with Crippen LogP contribution in [0.25, 0.3) is 6.08 Å². The molecule has 76 valence electrons. The third-order valence-electron chi connectivity index (χ3n) is 2.19. The first-order chi connectivity index (χ1) is 6.74. The van der Waals surface area contributed by atoms with Gasteiger partial charge < -0.3 is 10.2 Å². The van der Waals surface area contributed by atoms with Gasteiger partial charge in [-0.15, -0.1) is 0 Å². The van der Waals surface area contributed by atoms with Crippen molar-refractivity contribution < 1.29 is 10.2 Å². The van der Waals surface area contributed by atoms with Crippen molar-refractivity contribution in [2.24, 2.45) is 5.92 Å². The predicted octanol–water partition coefficient (Wildman–Crippen LogP) is 1.69. The van der Waals surface area contributed by atoms with E-state index in [0.29, 0.717) is 0 Å². The number of hydrogen-bond acceptors (Lipinski definition) is 2. The SMILES string of the molecule is CC(/C=C/c1ccccc1)C(O)CO. The minimum atomic E-state index is -0.671. The standard InChI is InChI=1S/C12H16O2/c1-10(12(14)9-13)7-8-11-5-3-2-4-6-11/h2-8,10,12-14H,9H2,1H3/b8-7+. The van der Waals surface area contributed by atoms with E-state index in [-0.39, 0.29) is 12.5 Å². The summed E-state index contributed by atoms with van der Waals surface area (Å²) in [5.74, 6) is -0.0276. The van der Waals surface area contributed by atoms with Crippen LogP contribution in [0.15, 0.2) is 36.4 Å². The second-order valence-corrected chi connectivity index (χ2v) is 3.38. The number of rotatable bonds is 4. The predicted molar refractivity (Wildman–Crippen MR) is 57.7 cm³/mol. The third-order valence-corrected chi connectivity index (χ3v) is 2.19. The lowest BCUT2D eigenvalue weighted by atomic mass is 10.0. The molecular formula is C12H16O2. The summed E-state index contributed by atoms with van der Waals surface area (Å²) < 4.78 is 0. The molecular weight excluding hydrogens is 176 g/mol.